The number of aromatic nitrogens is 4. The molecular formula is C16H22N6O. The van der Waals surface area contributed by atoms with Crippen molar-refractivity contribution >= 4 is 11.6 Å². The molecule has 0 amide bonds. The Kier molecular flexibility index (Phi) is 4.97. The van der Waals surface area contributed by atoms with Gasteiger partial charge in [0.1, 0.15) is 12.4 Å². The van der Waals surface area contributed by atoms with Crippen LogP contribution in [0.15, 0.2) is 30.6 Å². The van der Waals surface area contributed by atoms with Crippen molar-refractivity contribution in [1.82, 2.24) is 20.2 Å². The summed E-state index contributed by atoms with van der Waals surface area (Å²) in [6.07, 6.45) is 5.75. The number of ether oxygens (including phenoxy) is 1. The second-order valence-corrected chi connectivity index (χ2v) is 5.70. The Hall–Kier alpha value is -2.28. The number of anilines is 2. The molecule has 0 saturated carbocycles. The first-order valence-corrected chi connectivity index (χ1v) is 7.84. The van der Waals surface area contributed by atoms with Crippen molar-refractivity contribution in [2.75, 3.05) is 37.0 Å². The molecule has 0 bridgehead atoms. The first kappa shape index (κ1) is 15.6. The Morgan fingerprint density at radius 2 is 2.26 bits per heavy atom. The molecule has 23 heavy (non-hydrogen) atoms. The van der Waals surface area contributed by atoms with E-state index in [4.69, 9.17) is 4.74 Å². The van der Waals surface area contributed by atoms with Crippen molar-refractivity contribution in [2.45, 2.75) is 25.5 Å². The standard InChI is InChI=1S/C16H22N6O/c1-21(15-7-9-17-14(19-15)12-23-2)13-5-4-10-22(11-13)16-6-3-8-18-20-16/h3,6-9,13H,4-5,10-12H2,1-2H3. The van der Waals surface area contributed by atoms with Crippen LogP contribution in [0.2, 0.25) is 0 Å². The molecule has 1 fully saturated rings. The number of hydrogen-bond acceptors (Lipinski definition) is 7. The van der Waals surface area contributed by atoms with Crippen molar-refractivity contribution in [2.24, 2.45) is 0 Å². The van der Waals surface area contributed by atoms with E-state index in [0.29, 0.717) is 18.5 Å². The van der Waals surface area contributed by atoms with Gasteiger partial charge in [0.05, 0.1) is 0 Å². The highest BCUT2D eigenvalue weighted by Gasteiger charge is 2.25. The van der Waals surface area contributed by atoms with Gasteiger partial charge in [-0.25, -0.2) is 9.97 Å². The monoisotopic (exact) mass is 314 g/mol. The summed E-state index contributed by atoms with van der Waals surface area (Å²) in [7, 11) is 3.74. The molecule has 122 valence electrons. The zero-order chi connectivity index (χ0) is 16.1. The maximum absolute atomic E-state index is 5.12. The molecule has 3 heterocycles. The molecule has 0 N–H and O–H groups in total. The van der Waals surface area contributed by atoms with E-state index in [9.17, 15) is 0 Å². The van der Waals surface area contributed by atoms with E-state index in [1.165, 1.54) is 0 Å². The van der Waals surface area contributed by atoms with Crippen LogP contribution in [0.3, 0.4) is 0 Å². The van der Waals surface area contributed by atoms with Crippen molar-refractivity contribution in [3.05, 3.63) is 36.4 Å². The number of rotatable bonds is 5. The molecule has 0 aromatic carbocycles. The van der Waals surface area contributed by atoms with Crippen molar-refractivity contribution in [1.29, 1.82) is 0 Å². The fraction of sp³-hybridized carbons (Fsp3) is 0.500. The highest BCUT2D eigenvalue weighted by Crippen LogP contribution is 2.22. The van der Waals surface area contributed by atoms with E-state index in [-0.39, 0.29) is 0 Å². The number of methoxy groups -OCH3 is 1. The molecule has 1 atom stereocenters. The first-order valence-electron chi connectivity index (χ1n) is 7.84. The lowest BCUT2D eigenvalue weighted by Gasteiger charge is -2.38. The quantitative estimate of drug-likeness (QED) is 0.829. The van der Waals surface area contributed by atoms with Crippen LogP contribution in [0.25, 0.3) is 0 Å². The van der Waals surface area contributed by atoms with Gasteiger partial charge in [0.15, 0.2) is 11.6 Å². The van der Waals surface area contributed by atoms with Gasteiger partial charge in [0.2, 0.25) is 0 Å². The lowest BCUT2D eigenvalue weighted by atomic mass is 10.0. The lowest BCUT2D eigenvalue weighted by molar-refractivity contribution is 0.178. The van der Waals surface area contributed by atoms with Gasteiger partial charge in [-0.1, -0.05) is 0 Å². The molecule has 1 aliphatic heterocycles. The van der Waals surface area contributed by atoms with Gasteiger partial charge in [-0.15, -0.1) is 5.10 Å². The van der Waals surface area contributed by atoms with Crippen LogP contribution in [0.1, 0.15) is 18.7 Å². The minimum atomic E-state index is 0.385. The highest BCUT2D eigenvalue weighted by atomic mass is 16.5. The summed E-state index contributed by atoms with van der Waals surface area (Å²) in [4.78, 5) is 13.3. The summed E-state index contributed by atoms with van der Waals surface area (Å²) >= 11 is 0. The number of nitrogens with zero attached hydrogens (tertiary/aromatic N) is 6. The number of piperidine rings is 1. The Labute approximate surface area is 136 Å². The summed E-state index contributed by atoms with van der Waals surface area (Å²) in [5.41, 5.74) is 0. The van der Waals surface area contributed by atoms with Gasteiger partial charge in [-0.3, -0.25) is 0 Å². The molecule has 2 aromatic rings. The highest BCUT2D eigenvalue weighted by molar-refractivity contribution is 5.42. The van der Waals surface area contributed by atoms with Crippen LogP contribution in [-0.4, -0.2) is 53.5 Å². The summed E-state index contributed by atoms with van der Waals surface area (Å²) in [6.45, 7) is 2.36. The van der Waals surface area contributed by atoms with E-state index in [0.717, 1.165) is 37.6 Å². The van der Waals surface area contributed by atoms with Crippen LogP contribution >= 0.6 is 0 Å². The van der Waals surface area contributed by atoms with E-state index in [1.54, 1.807) is 19.5 Å². The fourth-order valence-electron chi connectivity index (χ4n) is 2.91. The largest absolute Gasteiger partial charge is 0.377 e. The maximum atomic E-state index is 5.12. The molecule has 7 nitrogen and oxygen atoms in total. The molecule has 7 heteroatoms. The molecular weight excluding hydrogens is 292 g/mol. The summed E-state index contributed by atoms with van der Waals surface area (Å²) < 4.78 is 5.12. The summed E-state index contributed by atoms with van der Waals surface area (Å²) in [6, 6.07) is 6.27. The Morgan fingerprint density at radius 1 is 1.35 bits per heavy atom. The van der Waals surface area contributed by atoms with E-state index in [2.05, 4.69) is 37.0 Å². The molecule has 0 spiro atoms. The van der Waals surface area contributed by atoms with Crippen molar-refractivity contribution in [3.8, 4) is 0 Å². The average molecular weight is 314 g/mol. The van der Waals surface area contributed by atoms with Crippen LogP contribution in [-0.2, 0) is 11.3 Å². The second-order valence-electron chi connectivity index (χ2n) is 5.70. The van der Waals surface area contributed by atoms with Gasteiger partial charge in [0, 0.05) is 45.7 Å². The van der Waals surface area contributed by atoms with Crippen LogP contribution in [0, 0.1) is 0 Å². The fourth-order valence-corrected chi connectivity index (χ4v) is 2.91. The molecule has 2 aromatic heterocycles. The van der Waals surface area contributed by atoms with E-state index < -0.39 is 0 Å². The predicted molar refractivity (Wildman–Crippen MR) is 88.4 cm³/mol. The second kappa shape index (κ2) is 7.32. The number of likely N-dealkylation sites (N-methyl/N-ethyl adjacent to an activating group) is 1. The Balaban J connectivity index is 1.72. The zero-order valence-electron chi connectivity index (χ0n) is 13.6. The van der Waals surface area contributed by atoms with Gasteiger partial charge in [0.25, 0.3) is 0 Å². The van der Waals surface area contributed by atoms with Crippen LogP contribution in [0.4, 0.5) is 11.6 Å². The Morgan fingerprint density at radius 3 is 3.04 bits per heavy atom. The minimum Gasteiger partial charge on any atom is -0.377 e. The van der Waals surface area contributed by atoms with E-state index >= 15 is 0 Å². The van der Waals surface area contributed by atoms with Crippen LogP contribution < -0.4 is 9.80 Å². The minimum absolute atomic E-state index is 0.385. The molecule has 3 rings (SSSR count). The SMILES string of the molecule is COCc1nccc(N(C)C2CCCN(c3cccnn3)C2)n1. The van der Waals surface area contributed by atoms with E-state index in [1.807, 2.05) is 18.2 Å². The third-order valence-corrected chi connectivity index (χ3v) is 4.15. The summed E-state index contributed by atoms with van der Waals surface area (Å²) in [5, 5.41) is 8.20. The van der Waals surface area contributed by atoms with Gasteiger partial charge < -0.3 is 14.5 Å². The number of hydrogen-bond donors (Lipinski definition) is 0. The third kappa shape index (κ3) is 3.73. The van der Waals surface area contributed by atoms with Gasteiger partial charge >= 0.3 is 0 Å². The average Bonchev–Trinajstić information content (AvgIpc) is 2.62. The van der Waals surface area contributed by atoms with Gasteiger partial charge in [-0.2, -0.15) is 5.10 Å². The molecule has 1 aliphatic rings. The van der Waals surface area contributed by atoms with Crippen molar-refractivity contribution < 1.29 is 4.74 Å². The lowest BCUT2D eigenvalue weighted by Crippen LogP contribution is -2.47. The third-order valence-electron chi connectivity index (χ3n) is 4.15. The Bertz CT molecular complexity index is 623. The molecule has 1 saturated heterocycles. The maximum Gasteiger partial charge on any atom is 0.156 e. The van der Waals surface area contributed by atoms with Crippen molar-refractivity contribution in [3.63, 3.8) is 0 Å². The molecule has 0 aliphatic carbocycles. The smallest absolute Gasteiger partial charge is 0.156 e. The topological polar surface area (TPSA) is 67.3 Å². The normalized spacial score (nSPS) is 18.0. The zero-order valence-corrected chi connectivity index (χ0v) is 13.6. The predicted octanol–water partition coefficient (Wildman–Crippen LogP) is 1.52. The molecule has 0 radical (unpaired) electrons. The molecule has 1 unspecified atom stereocenters. The van der Waals surface area contributed by atoms with Gasteiger partial charge in [-0.05, 0) is 31.0 Å². The van der Waals surface area contributed by atoms with Crippen LogP contribution in [0.5, 0.6) is 0 Å². The first-order chi connectivity index (χ1) is 11.3. The summed E-state index contributed by atoms with van der Waals surface area (Å²) in [5.74, 6) is 2.57.